The van der Waals surface area contributed by atoms with Crippen LogP contribution >= 0.6 is 0 Å². The highest BCUT2D eigenvalue weighted by atomic mass is 15.1. The van der Waals surface area contributed by atoms with Crippen LogP contribution in [0.2, 0.25) is 0 Å². The van der Waals surface area contributed by atoms with Crippen LogP contribution < -0.4 is 0 Å². The summed E-state index contributed by atoms with van der Waals surface area (Å²) in [5.74, 6) is 1.44. The molecule has 0 aliphatic carbocycles. The minimum Gasteiger partial charge on any atom is -0.310 e. The molecule has 8 heteroatoms. The normalized spacial score (nSPS) is 11.8. The molecule has 79 heavy (non-hydrogen) atoms. The molecule has 0 saturated carbocycles. The second kappa shape index (κ2) is 18.2. The van der Waals surface area contributed by atoms with Gasteiger partial charge < -0.3 is 18.3 Å². The molecule has 0 saturated heterocycles. The van der Waals surface area contributed by atoms with Crippen LogP contribution in [-0.2, 0) is 0 Å². The summed E-state index contributed by atoms with van der Waals surface area (Å²) in [5.41, 5.74) is 14.2. The van der Waals surface area contributed by atoms with E-state index in [2.05, 4.69) is 238 Å². The molecule has 0 atom stereocenters. The zero-order valence-electron chi connectivity index (χ0n) is 43.0. The predicted octanol–water partition coefficient (Wildman–Crippen LogP) is 17.5. The van der Waals surface area contributed by atoms with Gasteiger partial charge in [0.05, 0.1) is 66.9 Å². The fourth-order valence-electron chi connectivity index (χ4n) is 12.4. The maximum absolute atomic E-state index is 12.9. The van der Waals surface area contributed by atoms with Gasteiger partial charge in [0.1, 0.15) is 11.6 Å². The molecule has 0 N–H and O–H groups in total. The van der Waals surface area contributed by atoms with Crippen molar-refractivity contribution < 1.29 is 0 Å². The number of rotatable bonds is 9. The highest BCUT2D eigenvalue weighted by Crippen LogP contribution is 2.51. The van der Waals surface area contributed by atoms with Gasteiger partial charge in [0.25, 0.3) is 0 Å². The standard InChI is InChI=1S/C71H46N8/c1-3-4-29-48-45(2)76(57-37-18-11-30-49(48)57)65-56(44-72)66(77-58-38-19-12-31-50(58)51-32-13-20-39-59(51)77)68(79-62-42-23-16-35-54(62)55-36-17-24-43-63(55)79)64(67(65)78-60-40-21-14-33-52(60)53-34-15-22-41-61(53)78)71-74-69(46-25-7-5-8-26-46)73-70(75-71)47-27-9-6-10-28-47/h3-43H,1H2,2H3/b29-4-. The van der Waals surface area contributed by atoms with Crippen molar-refractivity contribution in [2.45, 2.75) is 6.92 Å². The van der Waals surface area contributed by atoms with Crippen LogP contribution in [0, 0.1) is 18.3 Å². The first-order chi connectivity index (χ1) is 39.1. The van der Waals surface area contributed by atoms with Crippen molar-refractivity contribution >= 4 is 82.4 Å². The lowest BCUT2D eigenvalue weighted by Gasteiger charge is -2.29. The number of allylic oxidation sites excluding steroid dienone is 2. The van der Waals surface area contributed by atoms with Gasteiger partial charge in [-0.3, -0.25) is 0 Å². The van der Waals surface area contributed by atoms with Crippen molar-refractivity contribution in [1.29, 1.82) is 5.26 Å². The third kappa shape index (κ3) is 6.83. The van der Waals surface area contributed by atoms with Crippen LogP contribution in [0.4, 0.5) is 0 Å². The fourth-order valence-corrected chi connectivity index (χ4v) is 12.4. The van der Waals surface area contributed by atoms with E-state index in [9.17, 15) is 5.26 Å². The smallest absolute Gasteiger partial charge is 0.168 e. The lowest BCUT2D eigenvalue weighted by molar-refractivity contribution is 0.982. The quantitative estimate of drug-likeness (QED) is 0.135. The van der Waals surface area contributed by atoms with Crippen molar-refractivity contribution in [3.05, 3.63) is 266 Å². The molecule has 0 fully saturated rings. The topological polar surface area (TPSA) is 82.2 Å². The number of nitriles is 1. The van der Waals surface area contributed by atoms with E-state index in [1.54, 1.807) is 0 Å². The Balaban J connectivity index is 1.31. The van der Waals surface area contributed by atoms with Gasteiger partial charge in [-0.15, -0.1) is 0 Å². The maximum atomic E-state index is 12.9. The van der Waals surface area contributed by atoms with E-state index in [0.29, 0.717) is 40.0 Å². The molecule has 0 unspecified atom stereocenters. The second-order valence-electron chi connectivity index (χ2n) is 19.9. The van der Waals surface area contributed by atoms with E-state index in [1.165, 1.54) is 0 Å². The van der Waals surface area contributed by atoms with Crippen molar-refractivity contribution in [1.82, 2.24) is 33.2 Å². The monoisotopic (exact) mass is 1010 g/mol. The molecule has 5 heterocycles. The molecular formula is C71H46N8. The Hall–Kier alpha value is -10.9. The van der Waals surface area contributed by atoms with E-state index in [-0.39, 0.29) is 0 Å². The minimum atomic E-state index is 0.426. The number of nitrogens with zero attached hydrogens (tertiary/aromatic N) is 8. The summed E-state index contributed by atoms with van der Waals surface area (Å²) in [5, 5.41) is 20.3. The van der Waals surface area contributed by atoms with Gasteiger partial charge in [-0.05, 0) is 49.4 Å². The number of fused-ring (bicyclic) bond motifs is 10. The largest absolute Gasteiger partial charge is 0.310 e. The van der Waals surface area contributed by atoms with Crippen LogP contribution in [0.3, 0.4) is 0 Å². The highest BCUT2D eigenvalue weighted by Gasteiger charge is 2.36. The molecule has 0 radical (unpaired) electrons. The summed E-state index contributed by atoms with van der Waals surface area (Å²) in [6.45, 7) is 6.25. The van der Waals surface area contributed by atoms with Crippen LogP contribution in [0.15, 0.2) is 249 Å². The average molecular weight is 1010 g/mol. The lowest BCUT2D eigenvalue weighted by atomic mass is 9.97. The predicted molar refractivity (Wildman–Crippen MR) is 325 cm³/mol. The molecule has 0 aliphatic heterocycles. The van der Waals surface area contributed by atoms with Gasteiger partial charge in [0.2, 0.25) is 0 Å². The SMILES string of the molecule is C=C/C=C\c1c(C)n(-c2c(C#N)c(-n3c4ccccc4c4ccccc43)c(-n3c4ccccc4c4ccccc43)c(-c3nc(-c4ccccc4)nc(-c4ccccc4)n3)c2-n2c3ccccc3c3ccccc32)c2ccccc12. The van der Waals surface area contributed by atoms with Gasteiger partial charge in [-0.1, -0.05) is 213 Å². The molecule has 0 spiro atoms. The van der Waals surface area contributed by atoms with E-state index in [1.807, 2.05) is 48.6 Å². The minimum absolute atomic E-state index is 0.426. The van der Waals surface area contributed by atoms with Gasteiger partial charge in [0.15, 0.2) is 17.5 Å². The van der Waals surface area contributed by atoms with Gasteiger partial charge in [-0.25, -0.2) is 15.0 Å². The van der Waals surface area contributed by atoms with Crippen molar-refractivity contribution in [3.8, 4) is 63.0 Å². The van der Waals surface area contributed by atoms with E-state index in [0.717, 1.165) is 110 Å². The fraction of sp³-hybridized carbons (Fsp3) is 0.0141. The molecule has 0 bridgehead atoms. The van der Waals surface area contributed by atoms with E-state index >= 15 is 0 Å². The van der Waals surface area contributed by atoms with E-state index < -0.39 is 0 Å². The van der Waals surface area contributed by atoms with Crippen LogP contribution in [0.5, 0.6) is 0 Å². The average Bonchev–Trinajstić information content (AvgIpc) is 4.36. The Morgan fingerprint density at radius 1 is 0.367 bits per heavy atom. The second-order valence-corrected chi connectivity index (χ2v) is 19.9. The van der Waals surface area contributed by atoms with Crippen LogP contribution in [0.1, 0.15) is 16.8 Å². The molecule has 10 aromatic carbocycles. The molecule has 15 rings (SSSR count). The molecule has 5 aromatic heterocycles. The van der Waals surface area contributed by atoms with Crippen molar-refractivity contribution in [2.24, 2.45) is 0 Å². The first kappa shape index (κ1) is 45.5. The zero-order valence-corrected chi connectivity index (χ0v) is 43.0. The molecule has 370 valence electrons. The first-order valence-corrected chi connectivity index (χ1v) is 26.5. The highest BCUT2D eigenvalue weighted by molar-refractivity contribution is 6.15. The van der Waals surface area contributed by atoms with Crippen LogP contribution in [0.25, 0.3) is 139 Å². The number of para-hydroxylation sites is 7. The Bertz CT molecular complexity index is 4840. The Morgan fingerprint density at radius 3 is 1.04 bits per heavy atom. The third-order valence-corrected chi connectivity index (χ3v) is 15.6. The van der Waals surface area contributed by atoms with Crippen molar-refractivity contribution in [2.75, 3.05) is 0 Å². The summed E-state index contributed by atoms with van der Waals surface area (Å²) >= 11 is 0. The van der Waals surface area contributed by atoms with Gasteiger partial charge in [-0.2, -0.15) is 5.26 Å². The molecule has 0 amide bonds. The summed E-state index contributed by atoms with van der Waals surface area (Å²) in [6, 6.07) is 83.2. The van der Waals surface area contributed by atoms with E-state index in [4.69, 9.17) is 15.0 Å². The summed E-state index contributed by atoms with van der Waals surface area (Å²) in [7, 11) is 0. The molecule has 15 aromatic rings. The van der Waals surface area contributed by atoms with Gasteiger partial charge >= 0.3 is 0 Å². The van der Waals surface area contributed by atoms with Crippen molar-refractivity contribution in [3.63, 3.8) is 0 Å². The molecule has 8 nitrogen and oxygen atoms in total. The van der Waals surface area contributed by atoms with Gasteiger partial charge in [0, 0.05) is 60.1 Å². The molecular weight excluding hydrogens is 965 g/mol. The third-order valence-electron chi connectivity index (χ3n) is 15.6. The molecule has 0 aliphatic rings. The lowest BCUT2D eigenvalue weighted by Crippen LogP contribution is -2.18. The Morgan fingerprint density at radius 2 is 0.671 bits per heavy atom. The number of hydrogen-bond acceptors (Lipinski definition) is 4. The van der Waals surface area contributed by atoms with Crippen LogP contribution in [-0.4, -0.2) is 33.2 Å². The Labute approximate surface area is 454 Å². The first-order valence-electron chi connectivity index (χ1n) is 26.5. The number of hydrogen-bond donors (Lipinski definition) is 0. The zero-order chi connectivity index (χ0) is 52.7. The summed E-state index contributed by atoms with van der Waals surface area (Å²) in [6.07, 6.45) is 5.92. The number of benzene rings is 10. The number of aromatic nitrogens is 7. The summed E-state index contributed by atoms with van der Waals surface area (Å²) < 4.78 is 9.37. The Kier molecular flexibility index (Phi) is 10.5. The summed E-state index contributed by atoms with van der Waals surface area (Å²) in [4.78, 5) is 16.8. The maximum Gasteiger partial charge on any atom is 0.168 e.